The second-order valence-electron chi connectivity index (χ2n) is 9.08. The van der Waals surface area contributed by atoms with Crippen LogP contribution in [0.2, 0.25) is 5.02 Å². The normalized spacial score (nSPS) is 18.6. The van der Waals surface area contributed by atoms with Crippen molar-refractivity contribution in [2.75, 3.05) is 32.5 Å². The minimum absolute atomic E-state index is 0.172. The molecule has 0 bridgehead atoms. The first-order valence-corrected chi connectivity index (χ1v) is 13.5. The number of rotatable bonds is 11. The van der Waals surface area contributed by atoms with Gasteiger partial charge in [-0.05, 0) is 80.0 Å². The first-order chi connectivity index (χ1) is 17.0. The number of methoxy groups -OCH3 is 1. The molecule has 1 aliphatic heterocycles. The minimum atomic E-state index is -0.708. The molecule has 0 unspecified atom stereocenters. The van der Waals surface area contributed by atoms with Crippen molar-refractivity contribution in [3.63, 3.8) is 0 Å². The molecule has 2 aromatic heterocycles. The molecule has 1 saturated heterocycles. The number of carboxylic acids is 1. The van der Waals surface area contributed by atoms with Crippen molar-refractivity contribution in [1.29, 1.82) is 0 Å². The number of aliphatic carboxylic acids is 1. The second-order valence-corrected chi connectivity index (χ2v) is 10.6. The molecule has 35 heavy (non-hydrogen) atoms. The smallest absolute Gasteiger partial charge is 0.303 e. The van der Waals surface area contributed by atoms with Crippen molar-refractivity contribution in [2.24, 2.45) is 11.8 Å². The molecule has 0 aliphatic carbocycles. The van der Waals surface area contributed by atoms with Crippen LogP contribution in [0.15, 0.2) is 53.8 Å². The average molecular weight is 514 g/mol. The molecule has 8 heteroatoms. The van der Waals surface area contributed by atoms with Crippen LogP contribution in [-0.4, -0.2) is 58.4 Å². The van der Waals surface area contributed by atoms with E-state index in [0.717, 1.165) is 78.3 Å². The van der Waals surface area contributed by atoms with Crippen LogP contribution in [0.3, 0.4) is 0 Å². The number of hydrogen-bond acceptors (Lipinski definition) is 6. The maximum Gasteiger partial charge on any atom is 0.303 e. The number of ether oxygens (including phenoxy) is 1. The van der Waals surface area contributed by atoms with Gasteiger partial charge in [-0.25, -0.2) is 4.98 Å². The largest absolute Gasteiger partial charge is 0.497 e. The third-order valence-electron chi connectivity index (χ3n) is 6.84. The van der Waals surface area contributed by atoms with Crippen molar-refractivity contribution < 1.29 is 14.6 Å². The molecular formula is C27H32ClN3O3S. The highest BCUT2D eigenvalue weighted by Gasteiger charge is 2.30. The molecule has 1 aliphatic rings. The molecule has 3 heterocycles. The maximum absolute atomic E-state index is 11.6. The third-order valence-corrected chi connectivity index (χ3v) is 8.09. The van der Waals surface area contributed by atoms with Crippen molar-refractivity contribution in [1.82, 2.24) is 14.9 Å². The van der Waals surface area contributed by atoms with Gasteiger partial charge in [0.1, 0.15) is 5.75 Å². The first-order valence-electron chi connectivity index (χ1n) is 12.1. The summed E-state index contributed by atoms with van der Waals surface area (Å²) >= 11 is 8.29. The lowest BCUT2D eigenvalue weighted by Crippen LogP contribution is -2.42. The summed E-state index contributed by atoms with van der Waals surface area (Å²) in [5.74, 6) is 1.62. The number of likely N-dealkylation sites (tertiary alicyclic amines) is 1. The summed E-state index contributed by atoms with van der Waals surface area (Å²) < 4.78 is 5.39. The summed E-state index contributed by atoms with van der Waals surface area (Å²) in [5.41, 5.74) is 2.00. The van der Waals surface area contributed by atoms with Gasteiger partial charge in [-0.2, -0.15) is 0 Å². The van der Waals surface area contributed by atoms with E-state index in [0.29, 0.717) is 10.9 Å². The molecule has 1 N–H and O–H groups in total. The molecule has 0 radical (unpaired) electrons. The number of aromatic nitrogens is 2. The number of fused-ring (bicyclic) bond motifs is 1. The van der Waals surface area contributed by atoms with Crippen molar-refractivity contribution in [2.45, 2.75) is 37.1 Å². The highest BCUT2D eigenvalue weighted by atomic mass is 35.5. The summed E-state index contributed by atoms with van der Waals surface area (Å²) in [5, 5.41) is 12.3. The quantitative estimate of drug-likeness (QED) is 0.324. The zero-order valence-corrected chi connectivity index (χ0v) is 21.6. The zero-order valence-electron chi connectivity index (χ0n) is 20.0. The van der Waals surface area contributed by atoms with E-state index in [2.05, 4.69) is 14.9 Å². The molecule has 6 nitrogen and oxygen atoms in total. The highest BCUT2D eigenvalue weighted by molar-refractivity contribution is 7.99. The standard InChI is InChI=1S/C27H32ClN3O3S/c1-34-21-8-9-25-23(16-21)22(24(28)17-30-25)6-4-5-19-10-12-31(18-20(19)15-27(32)33)13-14-35-26-7-2-3-11-29-26/h2-3,7-9,11,16-17,19-20H,4-6,10,12-15,18H2,1H3,(H,32,33)/t19-,20-/m1/s1. The van der Waals surface area contributed by atoms with E-state index in [1.54, 1.807) is 25.1 Å². The van der Waals surface area contributed by atoms with Crippen molar-refractivity contribution >= 4 is 40.2 Å². The second kappa shape index (κ2) is 12.6. The van der Waals surface area contributed by atoms with Crippen LogP contribution in [0, 0.1) is 11.8 Å². The van der Waals surface area contributed by atoms with Gasteiger partial charge in [0.2, 0.25) is 0 Å². The maximum atomic E-state index is 11.6. The molecule has 0 spiro atoms. The fourth-order valence-corrected chi connectivity index (χ4v) is 6.14. The number of halogens is 1. The molecular weight excluding hydrogens is 482 g/mol. The number of benzene rings is 1. The van der Waals surface area contributed by atoms with E-state index < -0.39 is 5.97 Å². The summed E-state index contributed by atoms with van der Waals surface area (Å²) in [4.78, 5) is 22.8. The Bertz CT molecular complexity index is 1130. The van der Waals surface area contributed by atoms with E-state index in [-0.39, 0.29) is 12.3 Å². The van der Waals surface area contributed by atoms with E-state index in [4.69, 9.17) is 16.3 Å². The van der Waals surface area contributed by atoms with Gasteiger partial charge in [0.25, 0.3) is 0 Å². The molecule has 1 fully saturated rings. The number of carboxylic acid groups (broad SMARTS) is 1. The van der Waals surface area contributed by atoms with E-state index in [9.17, 15) is 9.90 Å². The number of nitrogens with zero attached hydrogens (tertiary/aromatic N) is 3. The Balaban J connectivity index is 1.34. The van der Waals surface area contributed by atoms with E-state index in [1.807, 2.05) is 42.6 Å². The van der Waals surface area contributed by atoms with Crippen molar-refractivity contribution in [3.8, 4) is 5.75 Å². The molecule has 186 valence electrons. The van der Waals surface area contributed by atoms with Gasteiger partial charge >= 0.3 is 5.97 Å². The van der Waals surface area contributed by atoms with Crippen LogP contribution < -0.4 is 4.74 Å². The summed E-state index contributed by atoms with van der Waals surface area (Å²) in [7, 11) is 1.66. The van der Waals surface area contributed by atoms with Gasteiger partial charge in [0, 0.05) is 43.0 Å². The van der Waals surface area contributed by atoms with Gasteiger partial charge in [-0.1, -0.05) is 17.7 Å². The van der Waals surface area contributed by atoms with E-state index >= 15 is 0 Å². The summed E-state index contributed by atoms with van der Waals surface area (Å²) in [6.07, 6.45) is 7.60. The molecule has 3 aromatic rings. The van der Waals surface area contributed by atoms with Gasteiger partial charge < -0.3 is 14.7 Å². The number of thioether (sulfide) groups is 1. The highest BCUT2D eigenvalue weighted by Crippen LogP contribution is 2.33. The van der Waals surface area contributed by atoms with Crippen LogP contribution in [0.4, 0.5) is 0 Å². The van der Waals surface area contributed by atoms with Crippen LogP contribution in [-0.2, 0) is 11.2 Å². The lowest BCUT2D eigenvalue weighted by atomic mass is 9.80. The Hall–Kier alpha value is -2.35. The predicted octanol–water partition coefficient (Wildman–Crippen LogP) is 5.82. The predicted molar refractivity (Wildman–Crippen MR) is 141 cm³/mol. The molecule has 0 amide bonds. The number of hydrogen-bond donors (Lipinski definition) is 1. The molecule has 2 atom stereocenters. The zero-order chi connectivity index (χ0) is 24.6. The fourth-order valence-electron chi connectivity index (χ4n) is 5.03. The number of carbonyl (C=O) groups is 1. The van der Waals surface area contributed by atoms with E-state index in [1.165, 1.54) is 0 Å². The van der Waals surface area contributed by atoms with Crippen LogP contribution in [0.25, 0.3) is 10.9 Å². The lowest BCUT2D eigenvalue weighted by Gasteiger charge is -2.38. The topological polar surface area (TPSA) is 75.5 Å². The van der Waals surface area contributed by atoms with Crippen LogP contribution in [0.5, 0.6) is 5.75 Å². The minimum Gasteiger partial charge on any atom is -0.497 e. The summed E-state index contributed by atoms with van der Waals surface area (Å²) in [6, 6.07) is 11.8. The van der Waals surface area contributed by atoms with Gasteiger partial charge in [-0.3, -0.25) is 9.78 Å². The molecule has 1 aromatic carbocycles. The summed E-state index contributed by atoms with van der Waals surface area (Å²) in [6.45, 7) is 2.81. The Morgan fingerprint density at radius 3 is 2.91 bits per heavy atom. The van der Waals surface area contributed by atoms with Gasteiger partial charge in [0.05, 0.1) is 22.7 Å². The Labute approximate surface area is 216 Å². The average Bonchev–Trinajstić information content (AvgIpc) is 2.86. The van der Waals surface area contributed by atoms with Gasteiger partial charge in [0.15, 0.2) is 0 Å². The molecule has 0 saturated carbocycles. The van der Waals surface area contributed by atoms with Gasteiger partial charge in [-0.15, -0.1) is 11.8 Å². The monoisotopic (exact) mass is 513 g/mol. The Kier molecular flexibility index (Phi) is 9.24. The Morgan fingerprint density at radius 1 is 1.26 bits per heavy atom. The first kappa shape index (κ1) is 25.7. The SMILES string of the molecule is COc1ccc2ncc(Cl)c(CCC[C@@H]3CCN(CCSc4ccccn4)C[C@H]3CC(=O)O)c2c1. The third kappa shape index (κ3) is 7.09. The Morgan fingerprint density at radius 2 is 2.14 bits per heavy atom. The number of piperidine rings is 1. The number of aryl methyl sites for hydroxylation is 1. The van der Waals surface area contributed by atoms with Crippen molar-refractivity contribution in [3.05, 3.63) is 59.4 Å². The fraction of sp³-hybridized carbons (Fsp3) is 0.444. The van der Waals surface area contributed by atoms with Crippen LogP contribution in [0.1, 0.15) is 31.2 Å². The van der Waals surface area contributed by atoms with Crippen LogP contribution >= 0.6 is 23.4 Å². The molecule has 4 rings (SSSR count). The lowest BCUT2D eigenvalue weighted by molar-refractivity contribution is -0.139. The number of pyridine rings is 2.